The second-order valence-electron chi connectivity index (χ2n) is 8.70. The normalized spacial score (nSPS) is 11.1. The molecular weight excluding hydrogens is 404 g/mol. The number of aliphatic hydroxyl groups is 1. The second kappa shape index (κ2) is 13.7. The molecule has 0 aliphatic carbocycles. The minimum atomic E-state index is -0.802. The molecule has 0 unspecified atom stereocenters. The van der Waals surface area contributed by atoms with E-state index in [1.807, 2.05) is 41.2 Å². The van der Waals surface area contributed by atoms with Crippen molar-refractivity contribution in [3.8, 4) is 0 Å². The predicted octanol–water partition coefficient (Wildman–Crippen LogP) is 5.45. The Morgan fingerprint density at radius 2 is 1.72 bits per heavy atom. The highest BCUT2D eigenvalue weighted by Gasteiger charge is 2.19. The highest BCUT2D eigenvalue weighted by Crippen LogP contribution is 2.25. The number of aliphatic hydroxyl groups excluding tert-OH is 1. The monoisotopic (exact) mass is 442 g/mol. The number of unbranched alkanes of at least 4 members (excludes halogenated alkanes) is 5. The first kappa shape index (κ1) is 25.7. The third-order valence-corrected chi connectivity index (χ3v) is 5.62. The van der Waals surface area contributed by atoms with Crippen molar-refractivity contribution in [3.05, 3.63) is 53.3 Å². The van der Waals surface area contributed by atoms with Crippen LogP contribution in [0.5, 0.6) is 0 Å². The molecule has 1 aromatic carbocycles. The number of rotatable bonds is 16. The largest absolute Gasteiger partial charge is 0.481 e. The number of nitrogens with zero attached hydrogens (tertiary/aromatic N) is 1. The molecule has 176 valence electrons. The van der Waals surface area contributed by atoms with Gasteiger partial charge in [0.1, 0.15) is 0 Å². The Morgan fingerprint density at radius 3 is 2.41 bits per heavy atom. The molecule has 2 aromatic rings. The molecule has 2 rings (SSSR count). The molecule has 6 heteroatoms. The molecule has 0 fully saturated rings. The number of nitrogens with one attached hydrogen (secondary N) is 1. The van der Waals surface area contributed by atoms with E-state index in [9.17, 15) is 9.59 Å². The van der Waals surface area contributed by atoms with Crippen LogP contribution in [0.15, 0.2) is 36.7 Å². The van der Waals surface area contributed by atoms with Gasteiger partial charge in [-0.2, -0.15) is 0 Å². The molecular formula is C26H38N2O4. The molecule has 0 aliphatic heterocycles. The van der Waals surface area contributed by atoms with Crippen molar-refractivity contribution in [2.24, 2.45) is 0 Å². The second-order valence-corrected chi connectivity index (χ2v) is 8.70. The van der Waals surface area contributed by atoms with Crippen LogP contribution in [-0.4, -0.2) is 39.7 Å². The van der Waals surface area contributed by atoms with Crippen LogP contribution in [0.3, 0.4) is 0 Å². The smallest absolute Gasteiger partial charge is 0.303 e. The Bertz CT molecular complexity index is 857. The Labute approximate surface area is 191 Å². The van der Waals surface area contributed by atoms with E-state index in [1.54, 1.807) is 0 Å². The number of benzene rings is 1. The fraction of sp³-hybridized carbons (Fsp3) is 0.538. The summed E-state index contributed by atoms with van der Waals surface area (Å²) in [4.78, 5) is 24.0. The number of carboxylic acids is 1. The van der Waals surface area contributed by atoms with Crippen molar-refractivity contribution in [1.29, 1.82) is 0 Å². The van der Waals surface area contributed by atoms with Gasteiger partial charge in [-0.1, -0.05) is 51.7 Å². The zero-order valence-electron chi connectivity index (χ0n) is 19.5. The summed E-state index contributed by atoms with van der Waals surface area (Å²) in [6.07, 6.45) is 11.1. The third kappa shape index (κ3) is 8.50. The zero-order chi connectivity index (χ0) is 23.3. The van der Waals surface area contributed by atoms with Gasteiger partial charge in [0.25, 0.3) is 0 Å². The lowest BCUT2D eigenvalue weighted by Gasteiger charge is -2.09. The van der Waals surface area contributed by atoms with Crippen molar-refractivity contribution in [3.63, 3.8) is 0 Å². The van der Waals surface area contributed by atoms with Gasteiger partial charge >= 0.3 is 5.97 Å². The quantitative estimate of drug-likeness (QED) is 0.237. The van der Waals surface area contributed by atoms with Gasteiger partial charge in [0.2, 0.25) is 0 Å². The number of aromatic nitrogens is 1. The standard InChI is InChI=1S/C26H38N2O4/c1-20(2)23-18-28(15-10-13-25(30)31)19-24(23)26(32)21-11-9-12-22(17-21)27-14-7-5-3-4-6-8-16-29/h9,11-12,17-20,27,29H,3-8,10,13-16H2,1-2H3,(H,30,31). The van der Waals surface area contributed by atoms with Crippen molar-refractivity contribution in [2.45, 2.75) is 77.7 Å². The fourth-order valence-corrected chi connectivity index (χ4v) is 3.82. The summed E-state index contributed by atoms with van der Waals surface area (Å²) in [5.74, 6) is -0.602. The fourth-order valence-electron chi connectivity index (χ4n) is 3.82. The van der Waals surface area contributed by atoms with Gasteiger partial charge in [-0.3, -0.25) is 9.59 Å². The Morgan fingerprint density at radius 1 is 1.00 bits per heavy atom. The first-order valence-electron chi connectivity index (χ1n) is 11.8. The van der Waals surface area contributed by atoms with Crippen LogP contribution in [0.2, 0.25) is 0 Å². The van der Waals surface area contributed by atoms with E-state index in [2.05, 4.69) is 19.2 Å². The molecule has 3 N–H and O–H groups in total. The van der Waals surface area contributed by atoms with Gasteiger partial charge in [-0.15, -0.1) is 0 Å². The summed E-state index contributed by atoms with van der Waals surface area (Å²) in [5.41, 5.74) is 3.28. The molecule has 32 heavy (non-hydrogen) atoms. The summed E-state index contributed by atoms with van der Waals surface area (Å²) in [5, 5.41) is 21.1. The maximum Gasteiger partial charge on any atom is 0.303 e. The summed E-state index contributed by atoms with van der Waals surface area (Å²) >= 11 is 0. The van der Waals surface area contributed by atoms with Crippen LogP contribution in [0, 0.1) is 0 Å². The van der Waals surface area contributed by atoms with Gasteiger partial charge in [-0.25, -0.2) is 0 Å². The summed E-state index contributed by atoms with van der Waals surface area (Å²) in [6, 6.07) is 7.65. The van der Waals surface area contributed by atoms with Crippen molar-refractivity contribution in [1.82, 2.24) is 4.57 Å². The number of aryl methyl sites for hydroxylation is 1. The SMILES string of the molecule is CC(C)c1cn(CCCC(=O)O)cc1C(=O)c1cccc(NCCCCCCCCO)c1. The Kier molecular flexibility index (Phi) is 11.0. The van der Waals surface area contributed by atoms with Crippen LogP contribution in [-0.2, 0) is 11.3 Å². The average Bonchev–Trinajstić information content (AvgIpc) is 3.19. The van der Waals surface area contributed by atoms with E-state index in [0.29, 0.717) is 24.1 Å². The highest BCUT2D eigenvalue weighted by atomic mass is 16.4. The van der Waals surface area contributed by atoms with E-state index in [0.717, 1.165) is 43.5 Å². The van der Waals surface area contributed by atoms with Crippen LogP contribution in [0.25, 0.3) is 0 Å². The number of carbonyl (C=O) groups excluding carboxylic acids is 1. The number of anilines is 1. The van der Waals surface area contributed by atoms with Gasteiger partial charge in [0.05, 0.1) is 0 Å². The number of ketones is 1. The molecule has 0 saturated carbocycles. The molecule has 1 heterocycles. The number of aliphatic carboxylic acids is 1. The van der Waals surface area contributed by atoms with Crippen LogP contribution < -0.4 is 5.32 Å². The zero-order valence-corrected chi connectivity index (χ0v) is 19.5. The van der Waals surface area contributed by atoms with Gasteiger partial charge < -0.3 is 20.1 Å². The molecule has 0 saturated heterocycles. The lowest BCUT2D eigenvalue weighted by molar-refractivity contribution is -0.137. The van der Waals surface area contributed by atoms with E-state index < -0.39 is 5.97 Å². The van der Waals surface area contributed by atoms with E-state index >= 15 is 0 Å². The van der Waals surface area contributed by atoms with Crippen LogP contribution in [0.1, 0.15) is 92.6 Å². The maximum atomic E-state index is 13.3. The molecule has 1 aromatic heterocycles. The molecule has 0 radical (unpaired) electrons. The topological polar surface area (TPSA) is 91.6 Å². The Hall–Kier alpha value is -2.60. The maximum absolute atomic E-state index is 13.3. The van der Waals surface area contributed by atoms with Gasteiger partial charge in [0, 0.05) is 55.3 Å². The number of hydrogen-bond donors (Lipinski definition) is 3. The van der Waals surface area contributed by atoms with Gasteiger partial charge in [0.15, 0.2) is 5.78 Å². The van der Waals surface area contributed by atoms with Crippen LogP contribution >= 0.6 is 0 Å². The predicted molar refractivity (Wildman–Crippen MR) is 129 cm³/mol. The van der Waals surface area contributed by atoms with E-state index in [1.165, 1.54) is 12.8 Å². The molecule has 6 nitrogen and oxygen atoms in total. The van der Waals surface area contributed by atoms with Crippen LogP contribution in [0.4, 0.5) is 5.69 Å². The lowest BCUT2D eigenvalue weighted by Crippen LogP contribution is -2.06. The van der Waals surface area contributed by atoms with Crippen molar-refractivity contribution < 1.29 is 19.8 Å². The van der Waals surface area contributed by atoms with Gasteiger partial charge in [-0.05, 0) is 42.9 Å². The van der Waals surface area contributed by atoms with E-state index in [4.69, 9.17) is 10.2 Å². The average molecular weight is 443 g/mol. The molecule has 0 bridgehead atoms. The number of carboxylic acid groups (broad SMARTS) is 1. The highest BCUT2D eigenvalue weighted by molar-refractivity contribution is 6.10. The van der Waals surface area contributed by atoms with Crippen molar-refractivity contribution >= 4 is 17.4 Å². The van der Waals surface area contributed by atoms with Crippen molar-refractivity contribution in [2.75, 3.05) is 18.5 Å². The minimum Gasteiger partial charge on any atom is -0.481 e. The number of hydrogen-bond acceptors (Lipinski definition) is 4. The van der Waals surface area contributed by atoms with E-state index in [-0.39, 0.29) is 24.7 Å². The molecule has 0 aliphatic rings. The first-order chi connectivity index (χ1) is 15.4. The molecule has 0 spiro atoms. The third-order valence-electron chi connectivity index (χ3n) is 5.62. The summed E-state index contributed by atoms with van der Waals surface area (Å²) in [7, 11) is 0. The first-order valence-corrected chi connectivity index (χ1v) is 11.8. The summed E-state index contributed by atoms with van der Waals surface area (Å²) in [6.45, 7) is 5.87. The minimum absolute atomic E-state index is 0.00165. The number of carbonyl (C=O) groups is 2. The Balaban J connectivity index is 1.96. The lowest BCUT2D eigenvalue weighted by atomic mass is 9.96. The molecule has 0 amide bonds. The summed E-state index contributed by atoms with van der Waals surface area (Å²) < 4.78 is 1.94. The molecule has 0 atom stereocenters.